The molecule has 1 aromatic rings. The van der Waals surface area contributed by atoms with E-state index >= 15 is 0 Å². The van der Waals surface area contributed by atoms with Gasteiger partial charge in [0.2, 0.25) is 5.91 Å². The number of carbonyl (C=O) groups is 2. The molecule has 0 aliphatic rings. The number of carbonyl (C=O) groups excluding carboxylic acids is 1. The van der Waals surface area contributed by atoms with Gasteiger partial charge in [0.1, 0.15) is 0 Å². The van der Waals surface area contributed by atoms with Gasteiger partial charge in [-0.2, -0.15) is 0 Å². The molecule has 5 nitrogen and oxygen atoms in total. The molecule has 0 aromatic heterocycles. The Labute approximate surface area is 125 Å². The predicted molar refractivity (Wildman–Crippen MR) is 82.2 cm³/mol. The van der Waals surface area contributed by atoms with Crippen molar-refractivity contribution in [3.8, 4) is 0 Å². The molecule has 4 N–H and O–H groups in total. The van der Waals surface area contributed by atoms with Crippen molar-refractivity contribution >= 4 is 40.2 Å². The van der Waals surface area contributed by atoms with Crippen LogP contribution < -0.4 is 11.1 Å². The fraction of sp³-hybridized carbons (Fsp3) is 0.385. The highest BCUT2D eigenvalue weighted by atomic mass is 127. The van der Waals surface area contributed by atoms with Crippen molar-refractivity contribution < 1.29 is 14.7 Å². The van der Waals surface area contributed by atoms with Crippen molar-refractivity contribution in [3.05, 3.63) is 27.3 Å². The highest BCUT2D eigenvalue weighted by molar-refractivity contribution is 14.1. The normalized spacial score (nSPS) is 12.3. The molecule has 1 rings (SSSR count). The van der Waals surface area contributed by atoms with E-state index < -0.39 is 12.0 Å². The number of aromatic carboxylic acids is 1. The maximum atomic E-state index is 11.9. The Bertz CT molecular complexity index is 489. The SMILES string of the molecule is CC(C)CC(N)C(=O)Nc1ccc(I)cc1C(=O)O. The molecule has 0 spiro atoms. The molecule has 1 unspecified atom stereocenters. The van der Waals surface area contributed by atoms with Gasteiger partial charge in [-0.25, -0.2) is 4.79 Å². The van der Waals surface area contributed by atoms with E-state index in [-0.39, 0.29) is 17.2 Å². The van der Waals surface area contributed by atoms with Gasteiger partial charge in [-0.15, -0.1) is 0 Å². The fourth-order valence-electron chi connectivity index (χ4n) is 1.64. The number of nitrogens with one attached hydrogen (secondary N) is 1. The molecule has 1 atom stereocenters. The van der Waals surface area contributed by atoms with E-state index in [9.17, 15) is 9.59 Å². The summed E-state index contributed by atoms with van der Waals surface area (Å²) in [6, 6.07) is 4.18. The van der Waals surface area contributed by atoms with Gasteiger partial charge in [0.15, 0.2) is 0 Å². The molecule has 1 aromatic carbocycles. The average Bonchev–Trinajstić information content (AvgIpc) is 2.30. The van der Waals surface area contributed by atoms with Crippen molar-refractivity contribution in [3.63, 3.8) is 0 Å². The minimum atomic E-state index is -1.08. The van der Waals surface area contributed by atoms with E-state index in [1.165, 1.54) is 6.07 Å². The smallest absolute Gasteiger partial charge is 0.337 e. The molecule has 0 fully saturated rings. The van der Waals surface area contributed by atoms with Gasteiger partial charge in [-0.1, -0.05) is 13.8 Å². The van der Waals surface area contributed by atoms with Crippen LogP contribution in [0, 0.1) is 9.49 Å². The van der Waals surface area contributed by atoms with Crippen LogP contribution in [0.1, 0.15) is 30.6 Å². The zero-order valence-corrected chi connectivity index (χ0v) is 13.0. The highest BCUT2D eigenvalue weighted by Crippen LogP contribution is 2.19. The summed E-state index contributed by atoms with van der Waals surface area (Å²) in [6.45, 7) is 3.95. The number of hydrogen-bond acceptors (Lipinski definition) is 3. The van der Waals surface area contributed by atoms with Crippen LogP contribution in [-0.2, 0) is 4.79 Å². The second kappa shape index (κ2) is 6.85. The molecule has 0 bridgehead atoms. The Kier molecular flexibility index (Phi) is 5.74. The third-order valence-electron chi connectivity index (χ3n) is 2.53. The molecule has 0 radical (unpaired) electrons. The first-order valence-corrected chi connectivity index (χ1v) is 6.98. The van der Waals surface area contributed by atoms with E-state index in [1.807, 2.05) is 36.4 Å². The monoisotopic (exact) mass is 376 g/mol. The minimum absolute atomic E-state index is 0.0667. The number of nitrogens with two attached hydrogens (primary N) is 1. The summed E-state index contributed by atoms with van der Waals surface area (Å²) >= 11 is 2.02. The lowest BCUT2D eigenvalue weighted by Crippen LogP contribution is -2.37. The molecule has 19 heavy (non-hydrogen) atoms. The van der Waals surface area contributed by atoms with Gasteiger partial charge >= 0.3 is 5.97 Å². The van der Waals surface area contributed by atoms with Crippen molar-refractivity contribution in [1.29, 1.82) is 0 Å². The number of amides is 1. The molecular weight excluding hydrogens is 359 g/mol. The van der Waals surface area contributed by atoms with Gasteiger partial charge in [0, 0.05) is 3.57 Å². The number of anilines is 1. The molecular formula is C13H17IN2O3. The van der Waals surface area contributed by atoms with Crippen molar-refractivity contribution in [2.75, 3.05) is 5.32 Å². The first kappa shape index (κ1) is 15.9. The molecule has 6 heteroatoms. The van der Waals surface area contributed by atoms with Crippen LogP contribution in [0.5, 0.6) is 0 Å². The Hall–Kier alpha value is -1.15. The molecule has 0 aliphatic heterocycles. The molecule has 1 amide bonds. The molecule has 0 saturated carbocycles. The van der Waals surface area contributed by atoms with Crippen molar-refractivity contribution in [1.82, 2.24) is 0 Å². The summed E-state index contributed by atoms with van der Waals surface area (Å²) in [4.78, 5) is 23.0. The maximum absolute atomic E-state index is 11.9. The van der Waals surface area contributed by atoms with Gasteiger partial charge in [-0.3, -0.25) is 4.79 Å². The van der Waals surface area contributed by atoms with Crippen LogP contribution in [0.25, 0.3) is 0 Å². The maximum Gasteiger partial charge on any atom is 0.337 e. The van der Waals surface area contributed by atoms with Gasteiger partial charge < -0.3 is 16.2 Å². The minimum Gasteiger partial charge on any atom is -0.478 e. The first-order chi connectivity index (χ1) is 8.81. The van der Waals surface area contributed by atoms with Gasteiger partial charge in [-0.05, 0) is 53.1 Å². The second-order valence-electron chi connectivity index (χ2n) is 4.72. The van der Waals surface area contributed by atoms with Crippen LogP contribution in [0.15, 0.2) is 18.2 Å². The first-order valence-electron chi connectivity index (χ1n) is 5.90. The number of carboxylic acids is 1. The fourth-order valence-corrected chi connectivity index (χ4v) is 2.13. The van der Waals surface area contributed by atoms with Gasteiger partial charge in [0.05, 0.1) is 17.3 Å². The van der Waals surface area contributed by atoms with Crippen LogP contribution in [-0.4, -0.2) is 23.0 Å². The van der Waals surface area contributed by atoms with Crippen LogP contribution in [0.2, 0.25) is 0 Å². The zero-order chi connectivity index (χ0) is 14.6. The number of hydrogen-bond donors (Lipinski definition) is 3. The Morgan fingerprint density at radius 2 is 2.05 bits per heavy atom. The van der Waals surface area contributed by atoms with Gasteiger partial charge in [0.25, 0.3) is 0 Å². The number of halogens is 1. The van der Waals surface area contributed by atoms with Crippen molar-refractivity contribution in [2.24, 2.45) is 11.7 Å². The lowest BCUT2D eigenvalue weighted by atomic mass is 10.0. The third kappa shape index (κ3) is 4.79. The molecule has 0 saturated heterocycles. The zero-order valence-electron chi connectivity index (χ0n) is 10.8. The summed E-state index contributed by atoms with van der Waals surface area (Å²) in [5.74, 6) is -1.14. The third-order valence-corrected chi connectivity index (χ3v) is 3.20. The van der Waals surface area contributed by atoms with E-state index in [0.717, 1.165) is 3.57 Å². The lowest BCUT2D eigenvalue weighted by molar-refractivity contribution is -0.117. The standard InChI is InChI=1S/C13H17IN2O3/c1-7(2)5-10(15)12(17)16-11-4-3-8(14)6-9(11)13(18)19/h3-4,6-7,10H,5,15H2,1-2H3,(H,16,17)(H,18,19). The largest absolute Gasteiger partial charge is 0.478 e. The van der Waals surface area contributed by atoms with E-state index in [4.69, 9.17) is 10.8 Å². The summed E-state index contributed by atoms with van der Waals surface area (Å²) in [5.41, 5.74) is 6.10. The lowest BCUT2D eigenvalue weighted by Gasteiger charge is -2.15. The number of rotatable bonds is 5. The Morgan fingerprint density at radius 1 is 1.42 bits per heavy atom. The summed E-state index contributed by atoms with van der Waals surface area (Å²) < 4.78 is 0.791. The summed E-state index contributed by atoms with van der Waals surface area (Å²) in [6.07, 6.45) is 0.554. The van der Waals surface area contributed by atoms with Crippen LogP contribution in [0.3, 0.4) is 0 Å². The van der Waals surface area contributed by atoms with Crippen LogP contribution >= 0.6 is 22.6 Å². The van der Waals surface area contributed by atoms with Crippen LogP contribution in [0.4, 0.5) is 5.69 Å². The van der Waals surface area contributed by atoms with Crippen molar-refractivity contribution in [2.45, 2.75) is 26.3 Å². The molecule has 104 valence electrons. The quantitative estimate of drug-likeness (QED) is 0.688. The highest BCUT2D eigenvalue weighted by Gasteiger charge is 2.18. The average molecular weight is 376 g/mol. The summed E-state index contributed by atoms with van der Waals surface area (Å²) in [5, 5.41) is 11.7. The van der Waals surface area contributed by atoms with E-state index in [2.05, 4.69) is 5.32 Å². The second-order valence-corrected chi connectivity index (χ2v) is 5.97. The predicted octanol–water partition coefficient (Wildman–Crippen LogP) is 2.30. The topological polar surface area (TPSA) is 92.4 Å². The van der Waals surface area contributed by atoms with E-state index in [0.29, 0.717) is 12.3 Å². The number of benzene rings is 1. The number of carboxylic acid groups (broad SMARTS) is 1. The molecule has 0 heterocycles. The Morgan fingerprint density at radius 3 is 2.58 bits per heavy atom. The molecule has 0 aliphatic carbocycles. The summed E-state index contributed by atoms with van der Waals surface area (Å²) in [7, 11) is 0. The van der Waals surface area contributed by atoms with E-state index in [1.54, 1.807) is 12.1 Å². The Balaban J connectivity index is 2.87.